The van der Waals surface area contributed by atoms with Gasteiger partial charge in [0.1, 0.15) is 0 Å². The Bertz CT molecular complexity index is 1050. The molecule has 0 aromatic heterocycles. The largest absolute Gasteiger partial charge is 0.504 e. The molecule has 6 nitrogen and oxygen atoms in total. The van der Waals surface area contributed by atoms with Crippen molar-refractivity contribution in [3.05, 3.63) is 54.1 Å². The van der Waals surface area contributed by atoms with Crippen LogP contribution in [0.3, 0.4) is 0 Å². The van der Waals surface area contributed by atoms with Gasteiger partial charge in [-0.2, -0.15) is 0 Å². The van der Waals surface area contributed by atoms with Crippen molar-refractivity contribution in [1.82, 2.24) is 0 Å². The molecule has 0 fully saturated rings. The zero-order valence-electron chi connectivity index (χ0n) is 15.7. The second kappa shape index (κ2) is 8.31. The van der Waals surface area contributed by atoms with Gasteiger partial charge in [0, 0.05) is 17.7 Å². The number of fused-ring (bicyclic) bond motifs is 1. The van der Waals surface area contributed by atoms with E-state index >= 15 is 0 Å². The number of carbonyl (C=O) groups is 1. The van der Waals surface area contributed by atoms with E-state index in [1.54, 1.807) is 18.2 Å². The number of phenols is 1. The maximum absolute atomic E-state index is 13.1. The Labute approximate surface area is 165 Å². The number of methoxy groups -OCH3 is 2. The van der Waals surface area contributed by atoms with Crippen LogP contribution in [-0.2, 0) is 21.3 Å². The minimum Gasteiger partial charge on any atom is -0.504 e. The Morgan fingerprint density at radius 2 is 1.64 bits per heavy atom. The molecule has 3 aromatic carbocycles. The van der Waals surface area contributed by atoms with Gasteiger partial charge in [0.15, 0.2) is 11.5 Å². The summed E-state index contributed by atoms with van der Waals surface area (Å²) in [7, 11) is 1.29. The number of hydrogen-bond donors (Lipinski definition) is 1. The summed E-state index contributed by atoms with van der Waals surface area (Å²) in [6.45, 7) is 1.26. The molecule has 1 unspecified atom stereocenters. The van der Waals surface area contributed by atoms with Crippen molar-refractivity contribution < 1.29 is 28.3 Å². The summed E-state index contributed by atoms with van der Waals surface area (Å²) in [6, 6.07) is 14.4. The standard InChI is InChI=1S/C21H20O6S/c1-13(22)27-19-17-15(18(23)20(25-2)21(19)26-3)10-7-11-16(17)28(24)12-14-8-5-4-6-9-14/h4-11,23H,12H2,1-3H3. The molecule has 0 aliphatic heterocycles. The van der Waals surface area contributed by atoms with E-state index in [9.17, 15) is 14.1 Å². The zero-order valence-corrected chi connectivity index (χ0v) is 16.5. The van der Waals surface area contributed by atoms with Gasteiger partial charge in [0.2, 0.25) is 11.5 Å². The van der Waals surface area contributed by atoms with E-state index in [1.807, 2.05) is 30.3 Å². The first-order chi connectivity index (χ1) is 13.5. The third-order valence-electron chi connectivity index (χ3n) is 4.18. The van der Waals surface area contributed by atoms with Gasteiger partial charge in [-0.3, -0.25) is 9.00 Å². The van der Waals surface area contributed by atoms with E-state index in [2.05, 4.69) is 0 Å². The number of phenolic OH excluding ortho intramolecular Hbond substituents is 1. The number of benzene rings is 3. The van der Waals surface area contributed by atoms with Crippen molar-refractivity contribution >= 4 is 27.5 Å². The van der Waals surface area contributed by atoms with Gasteiger partial charge in [0.25, 0.3) is 0 Å². The quantitative estimate of drug-likeness (QED) is 0.501. The topological polar surface area (TPSA) is 82.1 Å². The molecule has 3 aromatic rings. The molecule has 7 heteroatoms. The fourth-order valence-electron chi connectivity index (χ4n) is 3.02. The van der Waals surface area contributed by atoms with Gasteiger partial charge in [-0.15, -0.1) is 0 Å². The highest BCUT2D eigenvalue weighted by Crippen LogP contribution is 2.51. The van der Waals surface area contributed by atoms with Gasteiger partial charge >= 0.3 is 5.97 Å². The van der Waals surface area contributed by atoms with E-state index in [4.69, 9.17) is 14.2 Å². The van der Waals surface area contributed by atoms with Crippen LogP contribution >= 0.6 is 0 Å². The minimum atomic E-state index is -1.46. The molecular formula is C21H20O6S. The predicted octanol–water partition coefficient (Wildman–Crippen LogP) is 3.80. The fourth-order valence-corrected chi connectivity index (χ4v) is 4.33. The van der Waals surface area contributed by atoms with Gasteiger partial charge in [0.05, 0.1) is 35.7 Å². The van der Waals surface area contributed by atoms with Crippen LogP contribution in [0.1, 0.15) is 12.5 Å². The smallest absolute Gasteiger partial charge is 0.308 e. The molecule has 3 rings (SSSR count). The lowest BCUT2D eigenvalue weighted by Crippen LogP contribution is -2.07. The molecule has 0 aliphatic rings. The summed E-state index contributed by atoms with van der Waals surface area (Å²) in [5.41, 5.74) is 0.900. The Morgan fingerprint density at radius 3 is 2.25 bits per heavy atom. The molecule has 146 valence electrons. The van der Waals surface area contributed by atoms with Crippen LogP contribution in [0.2, 0.25) is 0 Å². The second-order valence-corrected chi connectivity index (χ2v) is 7.41. The van der Waals surface area contributed by atoms with Gasteiger partial charge in [-0.1, -0.05) is 42.5 Å². The number of ether oxygens (including phenoxy) is 3. The molecule has 0 saturated heterocycles. The minimum absolute atomic E-state index is 0.0391. The van der Waals surface area contributed by atoms with Crippen molar-refractivity contribution in [2.24, 2.45) is 0 Å². The molecule has 0 amide bonds. The molecule has 0 bridgehead atoms. The number of carbonyl (C=O) groups excluding carboxylic acids is 1. The average molecular weight is 400 g/mol. The van der Waals surface area contributed by atoms with Crippen LogP contribution in [0.25, 0.3) is 10.8 Å². The molecule has 0 saturated carbocycles. The van der Waals surface area contributed by atoms with Gasteiger partial charge in [-0.25, -0.2) is 0 Å². The highest BCUT2D eigenvalue weighted by atomic mass is 32.2. The molecule has 1 N–H and O–H groups in total. The average Bonchev–Trinajstić information content (AvgIpc) is 2.69. The van der Waals surface area contributed by atoms with Crippen molar-refractivity contribution in [2.75, 3.05) is 14.2 Å². The summed E-state index contributed by atoms with van der Waals surface area (Å²) in [5, 5.41) is 11.4. The number of hydrogen-bond acceptors (Lipinski definition) is 6. The molecule has 28 heavy (non-hydrogen) atoms. The molecule has 0 heterocycles. The van der Waals surface area contributed by atoms with Crippen LogP contribution in [0.15, 0.2) is 53.4 Å². The first-order valence-corrected chi connectivity index (χ1v) is 9.80. The van der Waals surface area contributed by atoms with Crippen molar-refractivity contribution in [1.29, 1.82) is 0 Å². The normalized spacial score (nSPS) is 11.8. The molecule has 1 atom stereocenters. The lowest BCUT2D eigenvalue weighted by Gasteiger charge is -2.18. The first kappa shape index (κ1) is 19.7. The summed E-state index contributed by atoms with van der Waals surface area (Å²) < 4.78 is 29.1. The third-order valence-corrected chi connectivity index (χ3v) is 5.60. The Hall–Kier alpha value is -3.06. The summed E-state index contributed by atoms with van der Waals surface area (Å²) in [4.78, 5) is 12.1. The maximum Gasteiger partial charge on any atom is 0.308 e. The molecule has 0 spiro atoms. The molecule has 0 radical (unpaired) electrons. The van der Waals surface area contributed by atoms with E-state index in [0.717, 1.165) is 5.56 Å². The molecule has 0 aliphatic carbocycles. The Balaban J connectivity index is 2.28. The first-order valence-electron chi connectivity index (χ1n) is 8.48. The van der Waals surface area contributed by atoms with E-state index in [-0.39, 0.29) is 28.8 Å². The van der Waals surface area contributed by atoms with E-state index in [0.29, 0.717) is 15.7 Å². The lowest BCUT2D eigenvalue weighted by molar-refractivity contribution is -0.131. The molecular weight excluding hydrogens is 380 g/mol. The number of aromatic hydroxyl groups is 1. The van der Waals surface area contributed by atoms with E-state index < -0.39 is 16.8 Å². The summed E-state index contributed by atoms with van der Waals surface area (Å²) in [5.74, 6) is -0.310. The van der Waals surface area contributed by atoms with E-state index in [1.165, 1.54) is 21.1 Å². The fraction of sp³-hybridized carbons (Fsp3) is 0.190. The van der Waals surface area contributed by atoms with Crippen molar-refractivity contribution in [3.8, 4) is 23.0 Å². The van der Waals surface area contributed by atoms with Gasteiger partial charge in [-0.05, 0) is 11.6 Å². The third kappa shape index (κ3) is 3.66. The number of rotatable bonds is 6. The zero-order chi connectivity index (χ0) is 20.3. The lowest BCUT2D eigenvalue weighted by atomic mass is 10.1. The maximum atomic E-state index is 13.1. The second-order valence-electron chi connectivity index (χ2n) is 5.99. The number of esters is 1. The Kier molecular flexibility index (Phi) is 5.84. The Morgan fingerprint density at radius 1 is 0.964 bits per heavy atom. The van der Waals surface area contributed by atoms with Crippen LogP contribution in [0, 0.1) is 0 Å². The highest BCUT2D eigenvalue weighted by Gasteiger charge is 2.26. The monoisotopic (exact) mass is 400 g/mol. The van der Waals surface area contributed by atoms with Crippen molar-refractivity contribution in [2.45, 2.75) is 17.6 Å². The predicted molar refractivity (Wildman–Crippen MR) is 107 cm³/mol. The summed E-state index contributed by atoms with van der Waals surface area (Å²) >= 11 is 0. The SMILES string of the molecule is COc1c(OC)c(OC(C)=O)c2c(S(=O)Cc3ccccc3)cccc2c1O. The van der Waals surface area contributed by atoms with Crippen molar-refractivity contribution in [3.63, 3.8) is 0 Å². The highest BCUT2D eigenvalue weighted by molar-refractivity contribution is 7.84. The van der Waals surface area contributed by atoms with Gasteiger partial charge < -0.3 is 19.3 Å². The van der Waals surface area contributed by atoms with Crippen LogP contribution in [-0.4, -0.2) is 29.5 Å². The van der Waals surface area contributed by atoms with Crippen LogP contribution < -0.4 is 14.2 Å². The summed E-state index contributed by atoms with van der Waals surface area (Å²) in [6.07, 6.45) is 0. The van der Waals surface area contributed by atoms with Crippen LogP contribution in [0.4, 0.5) is 0 Å². The van der Waals surface area contributed by atoms with Crippen LogP contribution in [0.5, 0.6) is 23.0 Å².